The first kappa shape index (κ1) is 24.5. The maximum absolute atomic E-state index is 13.0. The molecule has 6 nitrogen and oxygen atoms in total. The van der Waals surface area contributed by atoms with Gasteiger partial charge in [-0.15, -0.1) is 24.0 Å². The average molecular weight is 532 g/mol. The third-order valence-electron chi connectivity index (χ3n) is 5.29. The number of aliphatic imine (C=N–C) groups is 1. The molecule has 2 aromatic rings. The standard InChI is InChI=1S/C21H30F2N6.HI/c1-3-18(17-8-6-5-7-9-17)27-12-14-28(15-13-27)21(24-4-2)26-16-19-25-10-11-29(19)20(22)23;/h5-11,18,20H,3-4,12-16H2,1-2H3,(H,24,26);1H. The van der Waals surface area contributed by atoms with E-state index in [2.05, 4.69) is 56.3 Å². The Balaban J connectivity index is 0.00000320. The quantitative estimate of drug-likeness (QED) is 0.331. The molecular weight excluding hydrogens is 501 g/mol. The van der Waals surface area contributed by atoms with E-state index in [4.69, 9.17) is 0 Å². The minimum atomic E-state index is -2.60. The predicted molar refractivity (Wildman–Crippen MR) is 126 cm³/mol. The van der Waals surface area contributed by atoms with Crippen molar-refractivity contribution in [2.75, 3.05) is 32.7 Å². The summed E-state index contributed by atoms with van der Waals surface area (Å²) in [6.07, 6.45) is 3.74. The molecule has 0 aliphatic carbocycles. The highest BCUT2D eigenvalue weighted by atomic mass is 127. The number of imidazole rings is 1. The number of piperazine rings is 1. The van der Waals surface area contributed by atoms with Crippen molar-refractivity contribution in [2.45, 2.75) is 39.4 Å². The Morgan fingerprint density at radius 1 is 1.13 bits per heavy atom. The van der Waals surface area contributed by atoms with Gasteiger partial charge in [0.1, 0.15) is 12.4 Å². The Kier molecular flexibility index (Phi) is 9.96. The maximum atomic E-state index is 13.0. The van der Waals surface area contributed by atoms with E-state index in [0.717, 1.165) is 49.7 Å². The van der Waals surface area contributed by atoms with Crippen molar-refractivity contribution >= 4 is 29.9 Å². The van der Waals surface area contributed by atoms with Crippen molar-refractivity contribution in [1.82, 2.24) is 24.7 Å². The van der Waals surface area contributed by atoms with E-state index in [0.29, 0.717) is 6.04 Å². The Labute approximate surface area is 194 Å². The van der Waals surface area contributed by atoms with Gasteiger partial charge >= 0.3 is 6.55 Å². The summed E-state index contributed by atoms with van der Waals surface area (Å²) in [5.74, 6) is 1.02. The molecule has 1 unspecified atom stereocenters. The summed E-state index contributed by atoms with van der Waals surface area (Å²) >= 11 is 0. The van der Waals surface area contributed by atoms with E-state index < -0.39 is 6.55 Å². The van der Waals surface area contributed by atoms with Crippen LogP contribution in [0.25, 0.3) is 0 Å². The molecule has 1 N–H and O–H groups in total. The van der Waals surface area contributed by atoms with Crippen LogP contribution in [0.15, 0.2) is 47.7 Å². The lowest BCUT2D eigenvalue weighted by Gasteiger charge is -2.40. The highest BCUT2D eigenvalue weighted by molar-refractivity contribution is 14.0. The molecule has 0 amide bonds. The Morgan fingerprint density at radius 3 is 2.43 bits per heavy atom. The molecule has 166 valence electrons. The number of alkyl halides is 2. The van der Waals surface area contributed by atoms with Gasteiger partial charge in [0.2, 0.25) is 0 Å². The molecule has 1 fully saturated rings. The number of halogens is 3. The summed E-state index contributed by atoms with van der Waals surface area (Å²) in [4.78, 5) is 13.3. The van der Waals surface area contributed by atoms with Crippen molar-refractivity contribution in [2.24, 2.45) is 4.99 Å². The Morgan fingerprint density at radius 2 is 1.83 bits per heavy atom. The zero-order valence-corrected chi connectivity index (χ0v) is 19.9. The molecule has 1 aromatic carbocycles. The van der Waals surface area contributed by atoms with Crippen LogP contribution >= 0.6 is 24.0 Å². The van der Waals surface area contributed by atoms with Gasteiger partial charge in [0.25, 0.3) is 0 Å². The summed E-state index contributed by atoms with van der Waals surface area (Å²) in [5.41, 5.74) is 1.35. The second-order valence-corrected chi connectivity index (χ2v) is 7.06. The fourth-order valence-electron chi connectivity index (χ4n) is 3.84. The predicted octanol–water partition coefficient (Wildman–Crippen LogP) is 4.13. The number of rotatable bonds is 7. The fourth-order valence-corrected chi connectivity index (χ4v) is 3.84. The molecule has 0 bridgehead atoms. The monoisotopic (exact) mass is 532 g/mol. The number of hydrogen-bond donors (Lipinski definition) is 1. The third-order valence-corrected chi connectivity index (χ3v) is 5.29. The van der Waals surface area contributed by atoms with Gasteiger partial charge < -0.3 is 10.2 Å². The van der Waals surface area contributed by atoms with Crippen molar-refractivity contribution in [3.63, 3.8) is 0 Å². The molecule has 1 saturated heterocycles. The van der Waals surface area contributed by atoms with Gasteiger partial charge in [-0.1, -0.05) is 37.3 Å². The van der Waals surface area contributed by atoms with Gasteiger partial charge in [0.15, 0.2) is 5.96 Å². The van der Waals surface area contributed by atoms with E-state index in [9.17, 15) is 8.78 Å². The summed E-state index contributed by atoms with van der Waals surface area (Å²) in [6, 6.07) is 11.0. The van der Waals surface area contributed by atoms with Gasteiger partial charge in [0, 0.05) is 51.2 Å². The van der Waals surface area contributed by atoms with Crippen molar-refractivity contribution in [1.29, 1.82) is 0 Å². The van der Waals surface area contributed by atoms with Crippen LogP contribution in [0.1, 0.15) is 44.2 Å². The van der Waals surface area contributed by atoms with Crippen LogP contribution in [0.4, 0.5) is 8.78 Å². The first-order valence-electron chi connectivity index (χ1n) is 10.3. The van der Waals surface area contributed by atoms with Crippen LogP contribution in [0.5, 0.6) is 0 Å². The summed E-state index contributed by atoms with van der Waals surface area (Å²) in [5, 5.41) is 3.29. The second-order valence-electron chi connectivity index (χ2n) is 7.06. The number of nitrogens with one attached hydrogen (secondary N) is 1. The molecule has 1 aliphatic rings. The summed E-state index contributed by atoms with van der Waals surface area (Å²) in [7, 11) is 0. The van der Waals surface area contributed by atoms with Crippen LogP contribution in [0.2, 0.25) is 0 Å². The van der Waals surface area contributed by atoms with Gasteiger partial charge in [-0.25, -0.2) is 9.98 Å². The van der Waals surface area contributed by atoms with E-state index >= 15 is 0 Å². The van der Waals surface area contributed by atoms with Crippen molar-refractivity contribution < 1.29 is 8.78 Å². The number of aromatic nitrogens is 2. The Hall–Kier alpha value is -1.75. The van der Waals surface area contributed by atoms with Gasteiger partial charge in [-0.3, -0.25) is 9.47 Å². The van der Waals surface area contributed by atoms with Crippen LogP contribution in [-0.2, 0) is 6.54 Å². The number of benzene rings is 1. The Bertz CT molecular complexity index is 775. The van der Waals surface area contributed by atoms with Crippen molar-refractivity contribution in [3.8, 4) is 0 Å². The first-order chi connectivity index (χ1) is 14.1. The van der Waals surface area contributed by atoms with Gasteiger partial charge in [-0.05, 0) is 18.9 Å². The van der Waals surface area contributed by atoms with Crippen LogP contribution in [0.3, 0.4) is 0 Å². The number of hydrogen-bond acceptors (Lipinski definition) is 3. The van der Waals surface area contributed by atoms with Crippen LogP contribution in [-0.4, -0.2) is 58.0 Å². The lowest BCUT2D eigenvalue weighted by atomic mass is 10.0. The molecule has 0 radical (unpaired) electrons. The normalized spacial score (nSPS) is 16.4. The topological polar surface area (TPSA) is 48.7 Å². The largest absolute Gasteiger partial charge is 0.357 e. The highest BCUT2D eigenvalue weighted by Gasteiger charge is 2.25. The zero-order chi connectivity index (χ0) is 20.6. The molecule has 0 saturated carbocycles. The highest BCUT2D eigenvalue weighted by Crippen LogP contribution is 2.25. The van der Waals surface area contributed by atoms with E-state index in [1.54, 1.807) is 0 Å². The second kappa shape index (κ2) is 12.2. The van der Waals surface area contributed by atoms with E-state index in [1.807, 2.05) is 13.0 Å². The van der Waals surface area contributed by atoms with E-state index in [1.165, 1.54) is 18.0 Å². The van der Waals surface area contributed by atoms with E-state index in [-0.39, 0.29) is 36.3 Å². The average Bonchev–Trinajstić information content (AvgIpc) is 3.22. The molecule has 3 rings (SSSR count). The van der Waals surface area contributed by atoms with Crippen LogP contribution in [0, 0.1) is 0 Å². The minimum Gasteiger partial charge on any atom is -0.357 e. The molecule has 0 spiro atoms. The molecule has 9 heteroatoms. The molecule has 30 heavy (non-hydrogen) atoms. The first-order valence-corrected chi connectivity index (χ1v) is 10.3. The zero-order valence-electron chi connectivity index (χ0n) is 17.5. The smallest absolute Gasteiger partial charge is 0.319 e. The van der Waals surface area contributed by atoms with Gasteiger partial charge in [-0.2, -0.15) is 8.78 Å². The SMILES string of the molecule is CCNC(=NCc1nccn1C(F)F)N1CCN(C(CC)c2ccccc2)CC1.I. The molecule has 1 atom stereocenters. The maximum Gasteiger partial charge on any atom is 0.319 e. The lowest BCUT2D eigenvalue weighted by molar-refractivity contribution is 0.0670. The van der Waals surface area contributed by atoms with Crippen molar-refractivity contribution in [3.05, 3.63) is 54.1 Å². The lowest BCUT2D eigenvalue weighted by Crippen LogP contribution is -2.53. The fraction of sp³-hybridized carbons (Fsp3) is 0.524. The molecule has 1 aromatic heterocycles. The summed E-state index contributed by atoms with van der Waals surface area (Å²) < 4.78 is 26.9. The number of nitrogens with zero attached hydrogens (tertiary/aromatic N) is 5. The molecular formula is C21H31F2IN6. The molecule has 2 heterocycles. The minimum absolute atomic E-state index is 0. The van der Waals surface area contributed by atoms with Gasteiger partial charge in [0.05, 0.1) is 0 Å². The molecule has 1 aliphatic heterocycles. The van der Waals surface area contributed by atoms with Crippen LogP contribution < -0.4 is 5.32 Å². The number of guanidine groups is 1. The third kappa shape index (κ3) is 6.13. The summed E-state index contributed by atoms with van der Waals surface area (Å²) in [6.45, 7) is 6.04.